The van der Waals surface area contributed by atoms with E-state index in [4.69, 9.17) is 14.0 Å². The molecule has 0 N–H and O–H groups in total. The molecule has 0 amide bonds. The molecule has 0 aliphatic carbocycles. The van der Waals surface area contributed by atoms with Crippen LogP contribution in [-0.4, -0.2) is 30.9 Å². The number of unbranched alkanes of at least 4 members (excludes halogenated alkanes) is 1. The fraction of sp³-hybridized carbons (Fsp3) is 0.588. The monoisotopic (exact) mass is 304 g/mol. The molecule has 0 atom stereocenters. The van der Waals surface area contributed by atoms with Crippen molar-refractivity contribution in [3.05, 3.63) is 29.8 Å². The molecule has 2 rings (SSSR count). The van der Waals surface area contributed by atoms with Crippen LogP contribution in [0.2, 0.25) is 0 Å². The number of hydrogen-bond donors (Lipinski definition) is 0. The molecule has 1 aliphatic rings. The van der Waals surface area contributed by atoms with Crippen molar-refractivity contribution in [2.75, 3.05) is 6.61 Å². The zero-order valence-corrected chi connectivity index (χ0v) is 14.1. The van der Waals surface area contributed by atoms with E-state index >= 15 is 0 Å². The van der Waals surface area contributed by atoms with E-state index in [2.05, 4.69) is 6.92 Å². The minimum Gasteiger partial charge on any atom is -0.462 e. The van der Waals surface area contributed by atoms with E-state index in [1.54, 1.807) is 12.1 Å². The van der Waals surface area contributed by atoms with Crippen LogP contribution < -0.4 is 5.46 Å². The Morgan fingerprint density at radius 3 is 2.41 bits per heavy atom. The molecule has 0 bridgehead atoms. The van der Waals surface area contributed by atoms with Gasteiger partial charge in [0.2, 0.25) is 0 Å². The second kappa shape index (κ2) is 6.43. The van der Waals surface area contributed by atoms with Crippen LogP contribution in [0.25, 0.3) is 0 Å². The van der Waals surface area contributed by atoms with Crippen LogP contribution >= 0.6 is 0 Å². The van der Waals surface area contributed by atoms with Gasteiger partial charge in [0, 0.05) is 0 Å². The standard InChI is InChI=1S/C17H25BO4/c1-6-7-11-20-15(19)13-9-8-10-14(12-13)18-21-16(2,3)17(4,5)22-18/h8-10,12H,6-7,11H2,1-5H3. The van der Waals surface area contributed by atoms with Gasteiger partial charge in [0.05, 0.1) is 23.4 Å². The average molecular weight is 304 g/mol. The first-order valence-corrected chi connectivity index (χ1v) is 7.89. The molecule has 120 valence electrons. The third kappa shape index (κ3) is 3.53. The Kier molecular flexibility index (Phi) is 4.98. The SMILES string of the molecule is CCCCOC(=O)c1cccc(B2OC(C)(C)C(C)(C)O2)c1. The van der Waals surface area contributed by atoms with Crippen LogP contribution in [0.1, 0.15) is 57.8 Å². The Morgan fingerprint density at radius 2 is 1.82 bits per heavy atom. The van der Waals surface area contributed by atoms with Crippen molar-refractivity contribution < 1.29 is 18.8 Å². The van der Waals surface area contributed by atoms with Gasteiger partial charge in [-0.1, -0.05) is 25.5 Å². The summed E-state index contributed by atoms with van der Waals surface area (Å²) in [5.74, 6) is -0.299. The Hall–Kier alpha value is -1.33. The molecule has 1 aromatic rings. The smallest absolute Gasteiger partial charge is 0.462 e. The second-order valence-corrected chi connectivity index (χ2v) is 6.70. The summed E-state index contributed by atoms with van der Waals surface area (Å²) in [6, 6.07) is 7.28. The summed E-state index contributed by atoms with van der Waals surface area (Å²) in [6.45, 7) is 10.6. The van der Waals surface area contributed by atoms with Crippen LogP contribution in [0.3, 0.4) is 0 Å². The van der Waals surface area contributed by atoms with Crippen LogP contribution in [0.5, 0.6) is 0 Å². The van der Waals surface area contributed by atoms with Crippen LogP contribution in [0.4, 0.5) is 0 Å². The molecule has 0 aromatic heterocycles. The summed E-state index contributed by atoms with van der Waals surface area (Å²) in [5, 5.41) is 0. The van der Waals surface area contributed by atoms with Gasteiger partial charge in [-0.25, -0.2) is 4.79 Å². The topological polar surface area (TPSA) is 44.8 Å². The Labute approximate surface area is 133 Å². The van der Waals surface area contributed by atoms with E-state index in [0.717, 1.165) is 18.3 Å². The number of carbonyl (C=O) groups is 1. The lowest BCUT2D eigenvalue weighted by Gasteiger charge is -2.32. The van der Waals surface area contributed by atoms with Crippen molar-refractivity contribution in [2.45, 2.75) is 58.7 Å². The highest BCUT2D eigenvalue weighted by Crippen LogP contribution is 2.36. The van der Waals surface area contributed by atoms with E-state index in [9.17, 15) is 4.79 Å². The van der Waals surface area contributed by atoms with Gasteiger partial charge in [0.15, 0.2) is 0 Å². The summed E-state index contributed by atoms with van der Waals surface area (Å²) < 4.78 is 17.3. The maximum absolute atomic E-state index is 12.0. The van der Waals surface area contributed by atoms with Crippen LogP contribution in [-0.2, 0) is 14.0 Å². The number of ether oxygens (including phenoxy) is 1. The summed E-state index contributed by atoms with van der Waals surface area (Å²) in [7, 11) is -0.464. The highest BCUT2D eigenvalue weighted by molar-refractivity contribution is 6.62. The molecule has 5 heteroatoms. The summed E-state index contributed by atoms with van der Waals surface area (Å²) >= 11 is 0. The normalized spacial score (nSPS) is 19.2. The van der Waals surface area contributed by atoms with Crippen molar-refractivity contribution >= 4 is 18.6 Å². The molecule has 1 fully saturated rings. The van der Waals surface area contributed by atoms with Crippen molar-refractivity contribution in [2.24, 2.45) is 0 Å². The lowest BCUT2D eigenvalue weighted by molar-refractivity contribution is 0.00578. The number of benzene rings is 1. The van der Waals surface area contributed by atoms with E-state index in [1.165, 1.54) is 0 Å². The maximum Gasteiger partial charge on any atom is 0.494 e. The summed E-state index contributed by atoms with van der Waals surface area (Å²) in [5.41, 5.74) is 0.580. The van der Waals surface area contributed by atoms with E-state index < -0.39 is 18.3 Å². The molecule has 1 aromatic carbocycles. The van der Waals surface area contributed by atoms with Crippen molar-refractivity contribution in [1.29, 1.82) is 0 Å². The highest BCUT2D eigenvalue weighted by Gasteiger charge is 2.51. The number of hydrogen-bond acceptors (Lipinski definition) is 4. The van der Waals surface area contributed by atoms with E-state index in [1.807, 2.05) is 39.8 Å². The molecular weight excluding hydrogens is 279 g/mol. The molecule has 1 saturated heterocycles. The molecule has 0 radical (unpaired) electrons. The third-order valence-corrected chi connectivity index (χ3v) is 4.38. The molecule has 4 nitrogen and oxygen atoms in total. The third-order valence-electron chi connectivity index (χ3n) is 4.38. The van der Waals surface area contributed by atoms with Crippen LogP contribution in [0.15, 0.2) is 24.3 Å². The van der Waals surface area contributed by atoms with Crippen LogP contribution in [0, 0.1) is 0 Å². The minimum atomic E-state index is -0.464. The fourth-order valence-corrected chi connectivity index (χ4v) is 2.18. The van der Waals surface area contributed by atoms with Gasteiger partial charge < -0.3 is 14.0 Å². The molecule has 0 saturated carbocycles. The van der Waals surface area contributed by atoms with Gasteiger partial charge in [-0.15, -0.1) is 0 Å². The fourth-order valence-electron chi connectivity index (χ4n) is 2.18. The molecule has 1 aliphatic heterocycles. The second-order valence-electron chi connectivity index (χ2n) is 6.70. The lowest BCUT2D eigenvalue weighted by atomic mass is 9.78. The Morgan fingerprint density at radius 1 is 1.18 bits per heavy atom. The molecule has 1 heterocycles. The minimum absolute atomic E-state index is 0.299. The van der Waals surface area contributed by atoms with E-state index in [-0.39, 0.29) is 5.97 Å². The van der Waals surface area contributed by atoms with Crippen molar-refractivity contribution in [3.63, 3.8) is 0 Å². The average Bonchev–Trinajstić information content (AvgIpc) is 2.68. The van der Waals surface area contributed by atoms with Gasteiger partial charge in [0.25, 0.3) is 0 Å². The van der Waals surface area contributed by atoms with Gasteiger partial charge >= 0.3 is 13.1 Å². The zero-order chi connectivity index (χ0) is 16.4. The van der Waals surface area contributed by atoms with Crippen molar-refractivity contribution in [1.82, 2.24) is 0 Å². The number of rotatable bonds is 5. The zero-order valence-electron chi connectivity index (χ0n) is 14.1. The van der Waals surface area contributed by atoms with Gasteiger partial charge in [0.1, 0.15) is 0 Å². The highest BCUT2D eigenvalue weighted by atomic mass is 16.7. The quantitative estimate of drug-likeness (QED) is 0.476. The predicted molar refractivity (Wildman–Crippen MR) is 87.3 cm³/mol. The maximum atomic E-state index is 12.0. The summed E-state index contributed by atoms with van der Waals surface area (Å²) in [6.07, 6.45) is 1.88. The predicted octanol–water partition coefficient (Wildman–Crippen LogP) is 2.94. The summed E-state index contributed by atoms with van der Waals surface area (Å²) in [4.78, 5) is 12.0. The molecule has 0 unspecified atom stereocenters. The Balaban J connectivity index is 2.11. The molecule has 0 spiro atoms. The van der Waals surface area contributed by atoms with Gasteiger partial charge in [-0.2, -0.15) is 0 Å². The molecule has 22 heavy (non-hydrogen) atoms. The first-order chi connectivity index (χ1) is 10.3. The first kappa shape index (κ1) is 17.0. The van der Waals surface area contributed by atoms with Gasteiger partial charge in [-0.3, -0.25) is 0 Å². The first-order valence-electron chi connectivity index (χ1n) is 7.89. The lowest BCUT2D eigenvalue weighted by Crippen LogP contribution is -2.41. The largest absolute Gasteiger partial charge is 0.494 e. The Bertz CT molecular complexity index is 523. The van der Waals surface area contributed by atoms with Crippen molar-refractivity contribution in [3.8, 4) is 0 Å². The van der Waals surface area contributed by atoms with E-state index in [0.29, 0.717) is 12.2 Å². The number of carbonyl (C=O) groups excluding carboxylic acids is 1. The number of esters is 1. The molecular formula is C17H25BO4. The van der Waals surface area contributed by atoms with Gasteiger partial charge in [-0.05, 0) is 51.7 Å².